The van der Waals surface area contributed by atoms with Crippen molar-refractivity contribution in [3.8, 4) is 69.5 Å². The van der Waals surface area contributed by atoms with Gasteiger partial charge in [0.15, 0.2) is 33.0 Å². The van der Waals surface area contributed by atoms with E-state index < -0.39 is 80.8 Å². The molecule has 8 aliphatic heterocycles. The molecular weight excluding hydrogens is 1930 g/mol. The summed E-state index contributed by atoms with van der Waals surface area (Å²) in [4.78, 5) is 198. The molecule has 137 heavy (non-hydrogen) atoms. The first kappa shape index (κ1) is 104. The Hall–Kier alpha value is -13.8. The van der Waals surface area contributed by atoms with Gasteiger partial charge in [-0.1, -0.05) is 39.1 Å². The van der Waals surface area contributed by atoms with Crippen molar-refractivity contribution >= 4 is 117 Å². The number of aromatic amines is 1. The average Bonchev–Trinajstić information content (AvgIpc) is 0.993. The zero-order valence-corrected chi connectivity index (χ0v) is 79.5. The molecular formula is C87H100BrCl3N20O26. The molecule has 50 heteroatoms. The number of amides is 11. The summed E-state index contributed by atoms with van der Waals surface area (Å²) in [7, 11) is 0. The Morgan fingerprint density at radius 3 is 1.07 bits per heavy atom. The number of alkyl halides is 1. The van der Waals surface area contributed by atoms with Crippen LogP contribution in [0.4, 0.5) is 14.4 Å². The molecule has 0 aromatic carbocycles. The third kappa shape index (κ3) is 30.6. The molecule has 16 heterocycles. The maximum Gasteiger partial charge on any atom is 0.410 e. The minimum atomic E-state index is -0.929. The molecule has 46 nitrogen and oxygen atoms in total. The third-order valence-corrected chi connectivity index (χ3v) is 21.9. The van der Waals surface area contributed by atoms with E-state index in [1.54, 1.807) is 63.2 Å². The van der Waals surface area contributed by atoms with Crippen LogP contribution in [-0.4, -0.2) is 238 Å². The molecule has 0 aliphatic carbocycles. The topological polar surface area (TPSA) is 561 Å². The van der Waals surface area contributed by atoms with E-state index in [2.05, 4.69) is 87.9 Å². The number of hydrogen-bond acceptors (Lipinski definition) is 35. The van der Waals surface area contributed by atoms with Crippen molar-refractivity contribution in [3.05, 3.63) is 162 Å². The SMILES string of the molecule is CC(C)(C)OC(=O)N1CC[C@H](Oc2ccc(Oc3cn[nH]c(=O)c3Cl)cn2)C1.CC(C)(C)OC(=O)N1CC[C@H](Oc2ccc(Oc3cnn(C4CCC(=O)NC4=O)c(=O)c3)cn2)C1.CC(C)(C)OC(=O)N1CC[C@H](Oc2ccc(Oc3cnn(C4CCC(=O)NC4=O)c(=O)c3Cl)cn2)C1.Cl.O=C1CCC(Br)C(=O)N1.O=C1CCC(n2ncc(Oc3ccc(O[C@H]4CCNC4)nc3)cc2=O)C(=O)N1. The monoisotopic (exact) mass is 2020 g/mol. The van der Waals surface area contributed by atoms with Crippen molar-refractivity contribution in [2.24, 2.45) is 0 Å². The largest absolute Gasteiger partial charge is 0.473 e. The normalized spacial score (nSPS) is 20.2. The Morgan fingerprint density at radius 1 is 0.394 bits per heavy atom. The van der Waals surface area contributed by atoms with Gasteiger partial charge in [0.25, 0.3) is 40.0 Å². The summed E-state index contributed by atoms with van der Waals surface area (Å²) >= 11 is 15.2. The molecule has 8 fully saturated rings. The molecule has 8 aliphatic rings. The van der Waals surface area contributed by atoms with Crippen LogP contribution in [0.2, 0.25) is 10.0 Å². The standard InChI is InChI=1S/C23H26ClN5O7.C23H27N5O7.C18H21ClN4O5.C18H19N5O5.C5H6BrNO2.ClH/c1-23(2,3)36-22(33)28-9-8-14(12-28)35-18-7-4-13(10-25-18)34-16-11-26-29(21(32)19(16)24)15-5-6-17(30)27-20(15)31;1-23(2,3)35-22(32)27-9-8-15(13-27)34-19-7-4-14(11-24-19)33-16-10-20(30)28(25-12-16)17-5-6-18(29)26-21(17)31;1-18(2,3)28-17(25)23-7-6-12(10-23)27-14-5-4-11(8-20-14)26-13-9-21-22-16(24)15(13)19;24-15-3-2-14(18(26)22-15)23-17(25)7-13(10-21-23)27-11-1-4-16(20-9-11)28-12-5-6-19-8-12;6-3-1-2-4(8)7-5(3)9;/h4,7,10-11,14-15H,5-6,8-9,12H2,1-3H3,(H,27,30,31);4,7,10-12,15,17H,5-6,8-9,13H2,1-3H3,(H,26,29,31);4-5,8-9,12H,6-7,10H2,1-3H3,(H,22,24);1,4,7,9-10,12,14,19H,2-3,5-6,8H2,(H,22,24,26);3H,1-2H2,(H,7,8,9);1H/t14-,15?;15-,17?;12-;12-,14?;;/m0000../s1. The van der Waals surface area contributed by atoms with E-state index in [0.29, 0.717) is 112 Å². The van der Waals surface area contributed by atoms with Gasteiger partial charge in [-0.2, -0.15) is 20.4 Å². The van der Waals surface area contributed by atoms with Crippen molar-refractivity contribution in [2.45, 2.75) is 204 Å². The number of nitrogens with one attached hydrogen (secondary N) is 6. The van der Waals surface area contributed by atoms with Gasteiger partial charge in [-0.05, 0) is 125 Å². The molecule has 16 rings (SSSR count). The summed E-state index contributed by atoms with van der Waals surface area (Å²) in [6, 6.07) is 13.0. The van der Waals surface area contributed by atoms with E-state index in [0.717, 1.165) is 33.6 Å². The van der Waals surface area contributed by atoms with E-state index in [1.807, 2.05) is 62.3 Å². The molecule has 0 spiro atoms. The fourth-order valence-corrected chi connectivity index (χ4v) is 14.5. The molecule has 732 valence electrons. The minimum Gasteiger partial charge on any atom is -0.473 e. The molecule has 0 bridgehead atoms. The highest BCUT2D eigenvalue weighted by Gasteiger charge is 2.38. The lowest BCUT2D eigenvalue weighted by atomic mass is 10.1. The molecule has 8 aromatic rings. The Labute approximate surface area is 805 Å². The second-order valence-electron chi connectivity index (χ2n) is 34.6. The van der Waals surface area contributed by atoms with Crippen LogP contribution >= 0.6 is 51.5 Å². The van der Waals surface area contributed by atoms with Crippen LogP contribution in [0.15, 0.2) is 129 Å². The number of piperidine rings is 4. The van der Waals surface area contributed by atoms with Crippen molar-refractivity contribution in [3.63, 3.8) is 0 Å². The number of likely N-dealkylation sites (tertiary alicyclic amines) is 3. The number of carbonyl (C=O) groups excluding carboxylic acids is 11. The molecule has 8 saturated heterocycles. The fourth-order valence-electron chi connectivity index (χ4n) is 13.8. The minimum absolute atomic E-state index is 0. The first-order chi connectivity index (χ1) is 64.6. The maximum absolute atomic E-state index is 12.7. The van der Waals surface area contributed by atoms with Gasteiger partial charge in [-0.15, -0.1) is 12.4 Å². The van der Waals surface area contributed by atoms with Crippen LogP contribution in [0.5, 0.6) is 69.5 Å². The van der Waals surface area contributed by atoms with Crippen LogP contribution in [0.3, 0.4) is 0 Å². The van der Waals surface area contributed by atoms with Crippen molar-refractivity contribution in [2.75, 3.05) is 52.4 Å². The number of H-pyrrole nitrogens is 1. The number of hydrogen-bond donors (Lipinski definition) is 6. The Balaban J connectivity index is 0.000000170. The van der Waals surface area contributed by atoms with Crippen LogP contribution in [0, 0.1) is 0 Å². The van der Waals surface area contributed by atoms with E-state index in [4.69, 9.17) is 75.3 Å². The summed E-state index contributed by atoms with van der Waals surface area (Å²) in [5.41, 5.74) is -3.93. The highest BCUT2D eigenvalue weighted by Crippen LogP contribution is 2.33. The number of aromatic nitrogens is 12. The van der Waals surface area contributed by atoms with Crippen LogP contribution in [0.1, 0.15) is 157 Å². The lowest BCUT2D eigenvalue weighted by molar-refractivity contribution is -0.137. The molecule has 0 saturated carbocycles. The summed E-state index contributed by atoms with van der Waals surface area (Å²) in [6.45, 7) is 21.0. The van der Waals surface area contributed by atoms with Gasteiger partial charge in [0.2, 0.25) is 53.1 Å². The van der Waals surface area contributed by atoms with Crippen LogP contribution < -0.4 is 86.7 Å². The van der Waals surface area contributed by atoms with Gasteiger partial charge in [0.05, 0.1) is 74.0 Å². The summed E-state index contributed by atoms with van der Waals surface area (Å²) < 4.78 is 64.9. The quantitative estimate of drug-likeness (QED) is 0.0253. The Kier molecular flexibility index (Phi) is 35.3. The summed E-state index contributed by atoms with van der Waals surface area (Å²) in [5, 5.41) is 29.5. The van der Waals surface area contributed by atoms with Gasteiger partial charge in [-0.25, -0.2) is 53.5 Å². The van der Waals surface area contributed by atoms with E-state index in [1.165, 1.54) is 61.7 Å². The molecule has 8 atom stereocenters. The van der Waals surface area contributed by atoms with E-state index in [9.17, 15) is 71.9 Å². The van der Waals surface area contributed by atoms with Gasteiger partial charge < -0.3 is 72.1 Å². The fraction of sp³-hybridized carbons (Fsp3) is 0.460. The summed E-state index contributed by atoms with van der Waals surface area (Å²) in [5.74, 6) is 0.402. The third-order valence-electron chi connectivity index (χ3n) is 20.3. The van der Waals surface area contributed by atoms with Crippen LogP contribution in [0.25, 0.3) is 0 Å². The molecule has 4 unspecified atom stereocenters. The first-order valence-corrected chi connectivity index (χ1v) is 44.8. The number of halogens is 4. The predicted octanol–water partition coefficient (Wildman–Crippen LogP) is 8.00. The zero-order valence-electron chi connectivity index (χ0n) is 75.6. The van der Waals surface area contributed by atoms with Crippen molar-refractivity contribution in [1.82, 2.24) is 101 Å². The van der Waals surface area contributed by atoms with Gasteiger partial charge >= 0.3 is 18.3 Å². The predicted molar refractivity (Wildman–Crippen MR) is 487 cm³/mol. The van der Waals surface area contributed by atoms with Gasteiger partial charge in [-0.3, -0.25) is 78.8 Å². The number of carbonyl (C=O) groups is 11. The molecule has 0 radical (unpaired) electrons. The number of pyridine rings is 4. The number of nitrogens with zero attached hydrogens (tertiary/aromatic N) is 14. The lowest BCUT2D eigenvalue weighted by Gasteiger charge is -2.24. The zero-order chi connectivity index (χ0) is 97.9. The van der Waals surface area contributed by atoms with Crippen molar-refractivity contribution < 1.29 is 105 Å². The Bertz CT molecular complexity index is 5960. The smallest absolute Gasteiger partial charge is 0.410 e. The highest BCUT2D eigenvalue weighted by molar-refractivity contribution is 9.10. The molecule has 11 amide bonds. The lowest BCUT2D eigenvalue weighted by Crippen LogP contribution is -2.45. The van der Waals surface area contributed by atoms with E-state index >= 15 is 0 Å². The van der Waals surface area contributed by atoms with Crippen molar-refractivity contribution in [1.29, 1.82) is 0 Å². The van der Waals surface area contributed by atoms with Crippen LogP contribution in [-0.2, 0) is 52.6 Å². The second-order valence-corrected chi connectivity index (χ2v) is 36.4. The maximum atomic E-state index is 12.7. The number of ether oxygens (including phenoxy) is 11. The number of rotatable bonds is 19. The first-order valence-electron chi connectivity index (χ1n) is 43.1. The second kappa shape index (κ2) is 46.6. The van der Waals surface area contributed by atoms with Gasteiger partial charge in [0, 0.05) is 108 Å². The average molecular weight is 2030 g/mol. The van der Waals surface area contributed by atoms with E-state index in [-0.39, 0.29) is 161 Å². The number of imide groups is 4. The van der Waals surface area contributed by atoms with Gasteiger partial charge in [0.1, 0.15) is 82.3 Å². The highest BCUT2D eigenvalue weighted by atomic mass is 79.9. The molecule has 6 N–H and O–H groups in total. The summed E-state index contributed by atoms with van der Waals surface area (Å²) in [6.07, 6.45) is 14.4. The molecule has 8 aromatic heterocycles. The Morgan fingerprint density at radius 2 is 0.737 bits per heavy atom.